The average molecular weight is 465 g/mol. The summed E-state index contributed by atoms with van der Waals surface area (Å²) in [4.78, 5) is 45.7. The van der Waals surface area contributed by atoms with Crippen molar-refractivity contribution in [3.8, 4) is 0 Å². The van der Waals surface area contributed by atoms with Crippen LogP contribution >= 0.6 is 12.6 Å². The van der Waals surface area contributed by atoms with Crippen LogP contribution in [-0.2, 0) is 34.3 Å². The number of hydrogen-bond donors (Lipinski definition) is 7. The lowest BCUT2D eigenvalue weighted by Crippen LogP contribution is -2.53. The Morgan fingerprint density at radius 2 is 1.62 bits per heavy atom. The maximum atomic E-state index is 11.9. The van der Waals surface area contributed by atoms with E-state index in [0.29, 0.717) is 0 Å². The maximum Gasteiger partial charge on any atom is 0.394 e. The van der Waals surface area contributed by atoms with Gasteiger partial charge in [-0.2, -0.15) is 21.0 Å². The van der Waals surface area contributed by atoms with Gasteiger partial charge in [0, 0.05) is 12.2 Å². The van der Waals surface area contributed by atoms with Gasteiger partial charge in [0.2, 0.25) is 17.7 Å². The number of amides is 3. The Morgan fingerprint density at radius 1 is 1.14 bits per heavy atom. The van der Waals surface area contributed by atoms with E-state index < -0.39 is 46.2 Å². The van der Waals surface area contributed by atoms with Gasteiger partial charge in [0.15, 0.2) is 0 Å². The summed E-state index contributed by atoms with van der Waals surface area (Å²) in [5.74, 6) is -2.34. The molecule has 0 aromatic carbocycles. The third-order valence-electron chi connectivity index (χ3n) is 2.63. The minimum atomic E-state index is -4.67. The van der Waals surface area contributed by atoms with Gasteiger partial charge in [-0.1, -0.05) is 0 Å². The molecule has 14 nitrogen and oxygen atoms in total. The largest absolute Gasteiger partial charge is 0.462 e. The van der Waals surface area contributed by atoms with Crippen LogP contribution in [0.3, 0.4) is 0 Å². The van der Waals surface area contributed by atoms with Crippen molar-refractivity contribution in [1.82, 2.24) is 10.6 Å². The molecule has 0 saturated carbocycles. The van der Waals surface area contributed by atoms with Crippen molar-refractivity contribution in [1.29, 1.82) is 0 Å². The molecule has 0 aromatic heterocycles. The average Bonchev–Trinajstić information content (AvgIpc) is 2.52. The van der Waals surface area contributed by atoms with Gasteiger partial charge in [0.1, 0.15) is 12.6 Å². The van der Waals surface area contributed by atoms with Crippen molar-refractivity contribution in [2.45, 2.75) is 44.9 Å². The molecule has 0 aliphatic heterocycles. The van der Waals surface area contributed by atoms with Crippen molar-refractivity contribution in [2.75, 3.05) is 12.3 Å². The van der Waals surface area contributed by atoms with Crippen LogP contribution in [0, 0.1) is 0 Å². The molecule has 2 atom stereocenters. The Balaban J connectivity index is -0.000000997. The van der Waals surface area contributed by atoms with Gasteiger partial charge in [-0.3, -0.25) is 28.3 Å². The first-order valence-electron chi connectivity index (χ1n) is 7.79. The Hall–Kier alpha value is -1.98. The van der Waals surface area contributed by atoms with Crippen LogP contribution in [0.4, 0.5) is 0 Å². The molecule has 0 spiro atoms. The highest BCUT2D eigenvalue weighted by atomic mass is 32.3. The standard InChI is InChI=1S/C13H24N4O5S.H2O4S.H2O/c1-7(2)22-11(19)5-16-13(21)9(6-23)17-12(20)8(14)3-4-10(15)18;1-5(2,3)4;/h7-9,23H,3-6,14H2,1-2H3,(H2,15,18)(H,16,21)(H,17,20);(H2,1,2,3,4);1H2/t8-,9-;;/m0../s1. The predicted octanol–water partition coefficient (Wildman–Crippen LogP) is -3.42. The summed E-state index contributed by atoms with van der Waals surface area (Å²) in [7, 11) is -4.67. The van der Waals surface area contributed by atoms with Crippen LogP contribution in [0.15, 0.2) is 0 Å². The Labute approximate surface area is 173 Å². The van der Waals surface area contributed by atoms with Crippen LogP contribution in [0.5, 0.6) is 0 Å². The van der Waals surface area contributed by atoms with Gasteiger partial charge in [-0.15, -0.1) is 0 Å². The highest BCUT2D eigenvalue weighted by Gasteiger charge is 2.23. The summed E-state index contributed by atoms with van der Waals surface area (Å²) in [6.45, 7) is 3.05. The molecule has 0 aromatic rings. The van der Waals surface area contributed by atoms with Crippen LogP contribution in [0.1, 0.15) is 26.7 Å². The lowest BCUT2D eigenvalue weighted by atomic mass is 10.1. The van der Waals surface area contributed by atoms with Crippen molar-refractivity contribution in [2.24, 2.45) is 11.5 Å². The van der Waals surface area contributed by atoms with Crippen molar-refractivity contribution in [3.63, 3.8) is 0 Å². The van der Waals surface area contributed by atoms with Gasteiger partial charge < -0.3 is 32.3 Å². The molecule has 0 fully saturated rings. The summed E-state index contributed by atoms with van der Waals surface area (Å²) in [5.41, 5.74) is 10.6. The predicted molar refractivity (Wildman–Crippen MR) is 104 cm³/mol. The molecular weight excluding hydrogens is 436 g/mol. The Kier molecular flexibility index (Phi) is 17.4. The number of esters is 1. The molecular formula is C13H28N4O10S2. The molecule has 0 aliphatic rings. The second kappa shape index (κ2) is 15.9. The number of primary amides is 1. The lowest BCUT2D eigenvalue weighted by molar-refractivity contribution is -0.147. The zero-order valence-corrected chi connectivity index (χ0v) is 17.5. The van der Waals surface area contributed by atoms with E-state index in [0.717, 1.165) is 0 Å². The van der Waals surface area contributed by atoms with Crippen LogP contribution < -0.4 is 22.1 Å². The van der Waals surface area contributed by atoms with Gasteiger partial charge in [0.05, 0.1) is 12.1 Å². The molecule has 10 N–H and O–H groups in total. The minimum Gasteiger partial charge on any atom is -0.462 e. The summed E-state index contributed by atoms with van der Waals surface area (Å²) in [5, 5.41) is 4.74. The fourth-order valence-electron chi connectivity index (χ4n) is 1.49. The van der Waals surface area contributed by atoms with E-state index in [4.69, 9.17) is 33.7 Å². The van der Waals surface area contributed by atoms with Crippen LogP contribution in [0.25, 0.3) is 0 Å². The summed E-state index contributed by atoms with van der Waals surface area (Å²) in [6, 6.07) is -1.93. The van der Waals surface area contributed by atoms with E-state index >= 15 is 0 Å². The number of carbonyl (C=O) groups excluding carboxylic acids is 4. The second-order valence-corrected chi connectivity index (χ2v) is 6.82. The highest BCUT2D eigenvalue weighted by molar-refractivity contribution is 7.80. The normalized spacial score (nSPS) is 12.4. The number of nitrogens with one attached hydrogen (secondary N) is 2. The first-order chi connectivity index (χ1) is 12.7. The molecule has 0 bridgehead atoms. The zero-order valence-electron chi connectivity index (χ0n) is 15.8. The molecule has 0 unspecified atom stereocenters. The van der Waals surface area contributed by atoms with Crippen molar-refractivity contribution in [3.05, 3.63) is 0 Å². The highest BCUT2D eigenvalue weighted by Crippen LogP contribution is 1.97. The molecule has 0 radical (unpaired) electrons. The van der Waals surface area contributed by atoms with Gasteiger partial charge in [0.25, 0.3) is 0 Å². The molecule has 3 amide bonds. The topological polar surface area (TPSA) is 260 Å². The van der Waals surface area contributed by atoms with E-state index in [9.17, 15) is 19.2 Å². The second-order valence-electron chi connectivity index (χ2n) is 5.56. The van der Waals surface area contributed by atoms with Crippen molar-refractivity contribution < 1.29 is 46.9 Å². The van der Waals surface area contributed by atoms with Gasteiger partial charge in [-0.05, 0) is 20.3 Å². The molecule has 0 saturated heterocycles. The number of rotatable bonds is 10. The number of thiol groups is 1. The van der Waals surface area contributed by atoms with E-state index in [1.54, 1.807) is 13.8 Å². The fraction of sp³-hybridized carbons (Fsp3) is 0.692. The van der Waals surface area contributed by atoms with Gasteiger partial charge in [-0.25, -0.2) is 0 Å². The smallest absolute Gasteiger partial charge is 0.394 e. The molecule has 172 valence electrons. The van der Waals surface area contributed by atoms with E-state index in [2.05, 4.69) is 23.3 Å². The number of carbonyl (C=O) groups is 4. The molecule has 29 heavy (non-hydrogen) atoms. The third kappa shape index (κ3) is 22.2. The van der Waals surface area contributed by atoms with Gasteiger partial charge >= 0.3 is 16.4 Å². The molecule has 0 aliphatic carbocycles. The fourth-order valence-corrected chi connectivity index (χ4v) is 1.75. The summed E-state index contributed by atoms with van der Waals surface area (Å²) >= 11 is 3.98. The minimum absolute atomic E-state index is 0. The first-order valence-corrected chi connectivity index (χ1v) is 9.82. The number of ether oxygens (including phenoxy) is 1. The molecule has 0 heterocycles. The third-order valence-corrected chi connectivity index (χ3v) is 2.99. The van der Waals surface area contributed by atoms with E-state index in [1.807, 2.05) is 0 Å². The van der Waals surface area contributed by atoms with Crippen molar-refractivity contribution >= 4 is 46.7 Å². The monoisotopic (exact) mass is 464 g/mol. The SMILES string of the molecule is CC(C)OC(=O)CNC(=O)[C@H](CS)NC(=O)[C@@H](N)CCC(N)=O.O.O=S(=O)(O)O. The van der Waals surface area contributed by atoms with Crippen LogP contribution in [-0.4, -0.2) is 77.2 Å². The Morgan fingerprint density at radius 3 is 2.00 bits per heavy atom. The number of nitrogens with two attached hydrogens (primary N) is 2. The summed E-state index contributed by atoms with van der Waals surface area (Å²) < 4.78 is 36.4. The Bertz CT molecular complexity index is 634. The summed E-state index contributed by atoms with van der Waals surface area (Å²) in [6.07, 6.45) is -0.251. The van der Waals surface area contributed by atoms with E-state index in [1.165, 1.54) is 0 Å². The molecule has 0 rings (SSSR count). The quantitative estimate of drug-likeness (QED) is 0.0956. The lowest BCUT2D eigenvalue weighted by Gasteiger charge is -2.19. The number of hydrogen-bond acceptors (Lipinski definition) is 9. The first kappa shape index (κ1) is 31.7. The van der Waals surface area contributed by atoms with Crippen LogP contribution in [0.2, 0.25) is 0 Å². The van der Waals surface area contributed by atoms with E-state index in [-0.39, 0.29) is 36.7 Å². The maximum absolute atomic E-state index is 11.9. The zero-order chi connectivity index (χ0) is 22.5. The molecule has 16 heteroatoms.